The lowest BCUT2D eigenvalue weighted by Gasteiger charge is -2.10. The van der Waals surface area contributed by atoms with E-state index >= 15 is 0 Å². The van der Waals surface area contributed by atoms with Gasteiger partial charge in [-0.2, -0.15) is 5.10 Å². The summed E-state index contributed by atoms with van der Waals surface area (Å²) in [6.45, 7) is 2.86. The van der Waals surface area contributed by atoms with Crippen molar-refractivity contribution in [1.82, 2.24) is 9.78 Å². The number of benzene rings is 2. The monoisotopic (exact) mass is 398 g/mol. The predicted molar refractivity (Wildman–Crippen MR) is 118 cm³/mol. The lowest BCUT2D eigenvalue weighted by molar-refractivity contribution is 0.690. The van der Waals surface area contributed by atoms with Crippen molar-refractivity contribution >= 4 is 40.4 Å². The van der Waals surface area contributed by atoms with Gasteiger partial charge in [0.05, 0.1) is 6.54 Å². The van der Waals surface area contributed by atoms with Gasteiger partial charge in [-0.3, -0.25) is 4.68 Å². The van der Waals surface area contributed by atoms with Crippen molar-refractivity contribution in [2.75, 3.05) is 10.6 Å². The highest BCUT2D eigenvalue weighted by molar-refractivity contribution is 7.80. The minimum Gasteiger partial charge on any atom is -0.332 e. The number of nitrogens with one attached hydrogen (secondary N) is 2. The molecule has 0 radical (unpaired) electrons. The predicted octanol–water partition coefficient (Wildman–Crippen LogP) is 5.74. The molecule has 27 heavy (non-hydrogen) atoms. The van der Waals surface area contributed by atoms with Crippen LogP contribution in [0.5, 0.6) is 0 Å². The quantitative estimate of drug-likeness (QED) is 0.498. The average Bonchev–Trinajstić information content (AvgIpc) is 3.00. The van der Waals surface area contributed by atoms with Gasteiger partial charge in [0.2, 0.25) is 0 Å². The minimum absolute atomic E-state index is 0.461. The number of halogens is 1. The Morgan fingerprint density at radius 1 is 1.04 bits per heavy atom. The fraction of sp³-hybridized carbons (Fsp3) is 0.238. The SMILES string of the molecule is CCCCc1ccc(NC(=S)Nc2nn(Cc3ccccc3)cc2Cl)cc1. The van der Waals surface area contributed by atoms with Gasteiger partial charge in [-0.1, -0.05) is 67.4 Å². The lowest BCUT2D eigenvalue weighted by atomic mass is 10.1. The van der Waals surface area contributed by atoms with Crippen LogP contribution in [0.1, 0.15) is 30.9 Å². The van der Waals surface area contributed by atoms with Crippen LogP contribution in [0.2, 0.25) is 5.02 Å². The maximum atomic E-state index is 6.29. The van der Waals surface area contributed by atoms with E-state index in [1.165, 1.54) is 18.4 Å². The highest BCUT2D eigenvalue weighted by atomic mass is 35.5. The largest absolute Gasteiger partial charge is 0.332 e. The summed E-state index contributed by atoms with van der Waals surface area (Å²) < 4.78 is 1.80. The topological polar surface area (TPSA) is 41.9 Å². The molecular formula is C21H23ClN4S. The number of aryl methyl sites for hydroxylation is 1. The van der Waals surface area contributed by atoms with E-state index in [0.717, 1.165) is 17.7 Å². The van der Waals surface area contributed by atoms with Crippen molar-refractivity contribution in [3.05, 3.63) is 76.9 Å². The summed E-state index contributed by atoms with van der Waals surface area (Å²) in [7, 11) is 0. The normalized spacial score (nSPS) is 10.6. The molecule has 4 nitrogen and oxygen atoms in total. The van der Waals surface area contributed by atoms with Crippen LogP contribution in [0.3, 0.4) is 0 Å². The molecule has 0 aliphatic carbocycles. The second kappa shape index (κ2) is 9.53. The number of aromatic nitrogens is 2. The Hall–Kier alpha value is -2.37. The first kappa shape index (κ1) is 19.4. The Morgan fingerprint density at radius 3 is 2.48 bits per heavy atom. The molecule has 0 bridgehead atoms. The van der Waals surface area contributed by atoms with Crippen LogP contribution in [0.15, 0.2) is 60.8 Å². The molecule has 0 aliphatic heterocycles. The zero-order valence-electron chi connectivity index (χ0n) is 15.3. The Kier molecular flexibility index (Phi) is 6.85. The van der Waals surface area contributed by atoms with Crippen LogP contribution in [-0.4, -0.2) is 14.9 Å². The van der Waals surface area contributed by atoms with Crippen molar-refractivity contribution in [2.24, 2.45) is 0 Å². The van der Waals surface area contributed by atoms with E-state index in [4.69, 9.17) is 23.8 Å². The van der Waals surface area contributed by atoms with Crippen molar-refractivity contribution in [3.8, 4) is 0 Å². The molecule has 140 valence electrons. The van der Waals surface area contributed by atoms with Crippen LogP contribution >= 0.6 is 23.8 Å². The number of unbranched alkanes of at least 4 members (excludes halogenated alkanes) is 1. The van der Waals surface area contributed by atoms with Crippen LogP contribution in [0.4, 0.5) is 11.5 Å². The van der Waals surface area contributed by atoms with E-state index in [0.29, 0.717) is 22.5 Å². The molecule has 6 heteroatoms. The number of hydrogen-bond acceptors (Lipinski definition) is 2. The maximum Gasteiger partial charge on any atom is 0.176 e. The van der Waals surface area contributed by atoms with Crippen LogP contribution in [-0.2, 0) is 13.0 Å². The summed E-state index contributed by atoms with van der Waals surface area (Å²) in [6, 6.07) is 18.4. The average molecular weight is 399 g/mol. The van der Waals surface area contributed by atoms with Gasteiger partial charge in [-0.25, -0.2) is 0 Å². The number of nitrogens with zero attached hydrogens (tertiary/aromatic N) is 2. The summed E-state index contributed by atoms with van der Waals surface area (Å²) >= 11 is 11.7. The fourth-order valence-electron chi connectivity index (χ4n) is 2.74. The Morgan fingerprint density at radius 2 is 1.78 bits per heavy atom. The van der Waals surface area contributed by atoms with E-state index in [1.807, 2.05) is 30.3 Å². The fourth-order valence-corrected chi connectivity index (χ4v) is 3.15. The van der Waals surface area contributed by atoms with E-state index < -0.39 is 0 Å². The molecule has 0 atom stereocenters. The third-order valence-corrected chi connectivity index (χ3v) is 4.65. The molecule has 1 heterocycles. The van der Waals surface area contributed by atoms with E-state index in [9.17, 15) is 0 Å². The van der Waals surface area contributed by atoms with E-state index in [1.54, 1.807) is 10.9 Å². The molecule has 0 saturated heterocycles. The number of thiocarbonyl (C=S) groups is 1. The highest BCUT2D eigenvalue weighted by Crippen LogP contribution is 2.20. The molecule has 3 rings (SSSR count). The van der Waals surface area contributed by atoms with Crippen molar-refractivity contribution < 1.29 is 0 Å². The molecule has 0 amide bonds. The Labute approximate surface area is 170 Å². The molecule has 1 aromatic heterocycles. The third-order valence-electron chi connectivity index (χ3n) is 4.17. The zero-order valence-corrected chi connectivity index (χ0v) is 16.9. The Bertz CT molecular complexity index is 875. The molecule has 0 aliphatic rings. The molecule has 0 saturated carbocycles. The zero-order chi connectivity index (χ0) is 19.1. The standard InChI is InChI=1S/C21H23ClN4S/c1-2-3-7-16-10-12-18(13-11-16)23-21(27)24-20-19(22)15-26(25-20)14-17-8-5-4-6-9-17/h4-6,8-13,15H,2-3,7,14H2,1H3,(H2,23,24,25,27). The van der Waals surface area contributed by atoms with E-state index in [-0.39, 0.29) is 0 Å². The smallest absolute Gasteiger partial charge is 0.176 e. The van der Waals surface area contributed by atoms with Crippen molar-refractivity contribution in [2.45, 2.75) is 32.7 Å². The summed E-state index contributed by atoms with van der Waals surface area (Å²) in [4.78, 5) is 0. The van der Waals surface area contributed by atoms with Gasteiger partial charge < -0.3 is 10.6 Å². The molecule has 0 fully saturated rings. The van der Waals surface area contributed by atoms with Crippen LogP contribution in [0.25, 0.3) is 0 Å². The van der Waals surface area contributed by atoms with Gasteiger partial charge in [0, 0.05) is 11.9 Å². The van der Waals surface area contributed by atoms with Crippen molar-refractivity contribution in [3.63, 3.8) is 0 Å². The number of rotatable bonds is 7. The van der Waals surface area contributed by atoms with Gasteiger partial charge in [-0.05, 0) is 48.3 Å². The first-order chi connectivity index (χ1) is 13.1. The molecule has 2 aromatic carbocycles. The first-order valence-electron chi connectivity index (χ1n) is 9.08. The summed E-state index contributed by atoms with van der Waals surface area (Å²) in [5.41, 5.74) is 3.43. The minimum atomic E-state index is 0.461. The molecule has 3 aromatic rings. The van der Waals surface area contributed by atoms with Gasteiger partial charge in [0.15, 0.2) is 10.9 Å². The summed E-state index contributed by atoms with van der Waals surface area (Å²) in [6.07, 6.45) is 5.30. The molecular weight excluding hydrogens is 376 g/mol. The van der Waals surface area contributed by atoms with Gasteiger partial charge in [-0.15, -0.1) is 0 Å². The maximum absolute atomic E-state index is 6.29. The summed E-state index contributed by atoms with van der Waals surface area (Å²) in [5, 5.41) is 11.7. The third kappa shape index (κ3) is 5.81. The molecule has 0 spiro atoms. The van der Waals surface area contributed by atoms with E-state index in [2.05, 4.69) is 46.9 Å². The summed E-state index contributed by atoms with van der Waals surface area (Å²) in [5.74, 6) is 0.546. The second-order valence-electron chi connectivity index (χ2n) is 6.39. The van der Waals surface area contributed by atoms with Gasteiger partial charge in [0.1, 0.15) is 5.02 Å². The number of hydrogen-bond donors (Lipinski definition) is 2. The second-order valence-corrected chi connectivity index (χ2v) is 7.20. The van der Waals surface area contributed by atoms with Crippen molar-refractivity contribution in [1.29, 1.82) is 0 Å². The van der Waals surface area contributed by atoms with Crippen LogP contribution in [0, 0.1) is 0 Å². The number of anilines is 2. The lowest BCUT2D eigenvalue weighted by Crippen LogP contribution is -2.19. The highest BCUT2D eigenvalue weighted by Gasteiger charge is 2.09. The van der Waals surface area contributed by atoms with Crippen LogP contribution < -0.4 is 10.6 Å². The molecule has 0 unspecified atom stereocenters. The van der Waals surface area contributed by atoms with Gasteiger partial charge in [0.25, 0.3) is 0 Å². The first-order valence-corrected chi connectivity index (χ1v) is 9.86. The van der Waals surface area contributed by atoms with Gasteiger partial charge >= 0.3 is 0 Å². The molecule has 2 N–H and O–H groups in total. The Balaban J connectivity index is 1.57.